The minimum atomic E-state index is -0.384. The summed E-state index contributed by atoms with van der Waals surface area (Å²) in [6.07, 6.45) is 0. The number of rotatable bonds is 5. The van der Waals surface area contributed by atoms with E-state index in [-0.39, 0.29) is 10.9 Å². The van der Waals surface area contributed by atoms with Crippen LogP contribution in [0.25, 0.3) is 0 Å². The van der Waals surface area contributed by atoms with Crippen LogP contribution in [0.3, 0.4) is 0 Å². The van der Waals surface area contributed by atoms with Crippen LogP contribution in [-0.4, -0.2) is 32.7 Å². The zero-order chi connectivity index (χ0) is 17.3. The number of nitrogens with zero attached hydrogens (tertiary/aromatic N) is 2. The predicted molar refractivity (Wildman–Crippen MR) is 101 cm³/mol. The summed E-state index contributed by atoms with van der Waals surface area (Å²) in [7, 11) is 0. The van der Waals surface area contributed by atoms with Crippen molar-refractivity contribution < 1.29 is 0 Å². The maximum absolute atomic E-state index is 12.0. The summed E-state index contributed by atoms with van der Waals surface area (Å²) in [6, 6.07) is 7.78. The maximum atomic E-state index is 12.0. The van der Waals surface area contributed by atoms with Crippen LogP contribution in [0.2, 0.25) is 5.02 Å². The summed E-state index contributed by atoms with van der Waals surface area (Å²) in [6.45, 7) is 7.91. The number of anilines is 3. The number of hydrogen-bond acceptors (Lipinski definition) is 5. The molecule has 1 aliphatic heterocycles. The van der Waals surface area contributed by atoms with Gasteiger partial charge in [0.15, 0.2) is 0 Å². The second-order valence-corrected chi connectivity index (χ2v) is 7.04. The second kappa shape index (κ2) is 6.85. The third-order valence-electron chi connectivity index (χ3n) is 4.36. The number of nitrogens with one attached hydrogen (secondary N) is 1. The van der Waals surface area contributed by atoms with Gasteiger partial charge in [-0.05, 0) is 30.2 Å². The van der Waals surface area contributed by atoms with E-state index in [1.165, 1.54) is 0 Å². The topological polar surface area (TPSA) is 52.6 Å². The number of benzene rings is 1. The van der Waals surface area contributed by atoms with Crippen LogP contribution in [0, 0.1) is 5.92 Å². The molecule has 0 unspecified atom stereocenters. The molecule has 0 atom stereocenters. The summed E-state index contributed by atoms with van der Waals surface area (Å²) >= 11 is 5.93. The van der Waals surface area contributed by atoms with Gasteiger partial charge in [0.05, 0.1) is 0 Å². The molecule has 0 aromatic heterocycles. The highest BCUT2D eigenvalue weighted by Gasteiger charge is 2.28. The molecule has 1 heterocycles. The van der Waals surface area contributed by atoms with Crippen molar-refractivity contribution in [1.82, 2.24) is 0 Å². The van der Waals surface area contributed by atoms with Gasteiger partial charge in [0, 0.05) is 43.4 Å². The lowest BCUT2D eigenvalue weighted by Gasteiger charge is -2.38. The molecule has 0 aliphatic carbocycles. The molecule has 2 aromatic rings. The molecule has 24 heavy (non-hydrogen) atoms. The fraction of sp³-hybridized carbons (Fsp3) is 0.444. The smallest absolute Gasteiger partial charge is 0.253 e. The molecular weight excluding hydrogens is 326 g/mol. The van der Waals surface area contributed by atoms with E-state index in [4.69, 9.17) is 11.6 Å². The summed E-state index contributed by atoms with van der Waals surface area (Å²) in [5, 5.41) is 3.86. The SMILES string of the molecule is CC(C)CNc1c(N2CCN(c3ccc(Cl)cc3)CC2)c(=O)c1=O. The Bertz CT molecular complexity index is 771. The monoisotopic (exact) mass is 347 g/mol. The van der Waals surface area contributed by atoms with Crippen molar-refractivity contribution in [1.29, 1.82) is 0 Å². The van der Waals surface area contributed by atoms with Gasteiger partial charge in [-0.3, -0.25) is 9.59 Å². The zero-order valence-corrected chi connectivity index (χ0v) is 14.8. The Kier molecular flexibility index (Phi) is 4.81. The van der Waals surface area contributed by atoms with Crippen molar-refractivity contribution in [3.8, 4) is 0 Å². The van der Waals surface area contributed by atoms with Crippen LogP contribution in [-0.2, 0) is 0 Å². The summed E-state index contributed by atoms with van der Waals surface area (Å²) in [4.78, 5) is 28.1. The van der Waals surface area contributed by atoms with Gasteiger partial charge in [-0.15, -0.1) is 0 Å². The van der Waals surface area contributed by atoms with Crippen LogP contribution in [0.15, 0.2) is 33.9 Å². The molecule has 0 radical (unpaired) electrons. The van der Waals surface area contributed by atoms with Gasteiger partial charge in [0.1, 0.15) is 11.4 Å². The van der Waals surface area contributed by atoms with E-state index in [2.05, 4.69) is 24.1 Å². The molecular formula is C18H22ClN3O2. The third kappa shape index (κ3) is 3.26. The number of halogens is 1. The Morgan fingerprint density at radius 2 is 1.58 bits per heavy atom. The molecule has 5 nitrogen and oxygen atoms in total. The minimum Gasteiger partial charge on any atom is -0.380 e. The van der Waals surface area contributed by atoms with Gasteiger partial charge in [0.25, 0.3) is 10.9 Å². The third-order valence-corrected chi connectivity index (χ3v) is 4.61. The Balaban J connectivity index is 1.67. The molecule has 128 valence electrons. The average Bonchev–Trinajstić information content (AvgIpc) is 2.58. The minimum absolute atomic E-state index is 0.360. The molecule has 1 N–H and O–H groups in total. The van der Waals surface area contributed by atoms with Gasteiger partial charge in [-0.2, -0.15) is 0 Å². The Hall–Kier alpha value is -2.01. The quantitative estimate of drug-likeness (QED) is 0.841. The standard InChI is InChI=1S/C18H22ClN3O2/c1-12(2)11-20-15-16(18(24)17(15)23)22-9-7-21(8-10-22)14-5-3-13(19)4-6-14/h3-6,12,20H,7-11H2,1-2H3. The van der Waals surface area contributed by atoms with Crippen LogP contribution < -0.4 is 26.0 Å². The fourth-order valence-electron chi connectivity index (χ4n) is 2.99. The van der Waals surface area contributed by atoms with E-state index in [9.17, 15) is 9.59 Å². The van der Waals surface area contributed by atoms with Gasteiger partial charge < -0.3 is 15.1 Å². The van der Waals surface area contributed by atoms with Crippen molar-refractivity contribution in [2.45, 2.75) is 13.8 Å². The Labute approximate surface area is 146 Å². The second-order valence-electron chi connectivity index (χ2n) is 6.61. The molecule has 1 saturated heterocycles. The predicted octanol–water partition coefficient (Wildman–Crippen LogP) is 2.33. The number of hydrogen-bond donors (Lipinski definition) is 1. The van der Waals surface area contributed by atoms with E-state index >= 15 is 0 Å². The lowest BCUT2D eigenvalue weighted by Crippen LogP contribution is -2.51. The van der Waals surface area contributed by atoms with Gasteiger partial charge in [-0.1, -0.05) is 25.4 Å². The zero-order valence-electron chi connectivity index (χ0n) is 14.0. The van der Waals surface area contributed by atoms with E-state index in [0.717, 1.165) is 36.9 Å². The highest BCUT2D eigenvalue weighted by atomic mass is 35.5. The first-order valence-corrected chi connectivity index (χ1v) is 8.68. The normalized spacial score (nSPS) is 15.3. The van der Waals surface area contributed by atoms with Crippen molar-refractivity contribution in [2.24, 2.45) is 5.92 Å². The molecule has 2 aromatic carbocycles. The van der Waals surface area contributed by atoms with Gasteiger partial charge in [0.2, 0.25) is 0 Å². The molecule has 1 aliphatic rings. The summed E-state index contributed by atoms with van der Waals surface area (Å²) in [5.41, 5.74) is 1.44. The van der Waals surface area contributed by atoms with Crippen LogP contribution in [0.1, 0.15) is 13.8 Å². The first-order chi connectivity index (χ1) is 11.5. The number of piperazine rings is 1. The average molecular weight is 348 g/mol. The first-order valence-electron chi connectivity index (χ1n) is 8.30. The molecule has 0 spiro atoms. The highest BCUT2D eigenvalue weighted by molar-refractivity contribution is 6.30. The fourth-order valence-corrected chi connectivity index (χ4v) is 3.12. The van der Waals surface area contributed by atoms with E-state index in [1.54, 1.807) is 0 Å². The molecule has 1 fully saturated rings. The summed E-state index contributed by atoms with van der Waals surface area (Å²) in [5.74, 6) is 0.420. The van der Waals surface area contributed by atoms with Crippen LogP contribution in [0.5, 0.6) is 0 Å². The highest BCUT2D eigenvalue weighted by Crippen LogP contribution is 2.24. The van der Waals surface area contributed by atoms with Gasteiger partial charge in [-0.25, -0.2) is 0 Å². The maximum Gasteiger partial charge on any atom is 0.253 e. The van der Waals surface area contributed by atoms with Crippen molar-refractivity contribution in [3.05, 3.63) is 49.7 Å². The lowest BCUT2D eigenvalue weighted by atomic mass is 10.1. The van der Waals surface area contributed by atoms with E-state index < -0.39 is 0 Å². The molecule has 0 saturated carbocycles. The largest absolute Gasteiger partial charge is 0.380 e. The van der Waals surface area contributed by atoms with E-state index in [0.29, 0.717) is 23.8 Å². The Morgan fingerprint density at radius 1 is 1.00 bits per heavy atom. The molecule has 0 bridgehead atoms. The van der Waals surface area contributed by atoms with Crippen LogP contribution in [0.4, 0.5) is 17.1 Å². The van der Waals surface area contributed by atoms with Crippen LogP contribution >= 0.6 is 11.6 Å². The molecule has 6 heteroatoms. The summed E-state index contributed by atoms with van der Waals surface area (Å²) < 4.78 is 0. The first kappa shape index (κ1) is 16.8. The van der Waals surface area contributed by atoms with Crippen molar-refractivity contribution >= 4 is 28.7 Å². The lowest BCUT2D eigenvalue weighted by molar-refractivity contribution is 0.648. The molecule has 0 amide bonds. The van der Waals surface area contributed by atoms with Gasteiger partial charge >= 0.3 is 0 Å². The molecule has 3 rings (SSSR count). The van der Waals surface area contributed by atoms with Crippen molar-refractivity contribution in [3.63, 3.8) is 0 Å². The van der Waals surface area contributed by atoms with E-state index in [1.807, 2.05) is 29.2 Å². The van der Waals surface area contributed by atoms with Crippen molar-refractivity contribution in [2.75, 3.05) is 47.8 Å². The Morgan fingerprint density at radius 3 is 2.17 bits per heavy atom.